The highest BCUT2D eigenvalue weighted by Gasteiger charge is 2.42. The van der Waals surface area contributed by atoms with Gasteiger partial charge >= 0.3 is 0 Å². The molecule has 2 nitrogen and oxygen atoms in total. The standard InChI is InChI=1S/C20H29BrN2/c21-18-9-4-6-16(14-18)15-23-13-12-22-11-5-10-19(22)20(23)17-7-2-1-3-8-17/h4,6,9,14,17,19-20H,1-3,5,7-8,10-13,15H2/t19-,20+/m1/s1. The number of rotatable bonds is 3. The molecular weight excluding hydrogens is 348 g/mol. The first kappa shape index (κ1) is 16.1. The van der Waals surface area contributed by atoms with Crippen LogP contribution in [0.5, 0.6) is 0 Å². The van der Waals surface area contributed by atoms with Crippen LogP contribution in [0.1, 0.15) is 50.5 Å². The van der Waals surface area contributed by atoms with Crippen molar-refractivity contribution in [3.8, 4) is 0 Å². The van der Waals surface area contributed by atoms with Crippen LogP contribution in [0, 0.1) is 5.92 Å². The first-order valence-electron chi connectivity index (χ1n) is 9.54. The predicted molar refractivity (Wildman–Crippen MR) is 99.5 cm³/mol. The first-order valence-corrected chi connectivity index (χ1v) is 10.3. The van der Waals surface area contributed by atoms with Crippen molar-refractivity contribution in [1.29, 1.82) is 0 Å². The molecule has 2 atom stereocenters. The molecule has 0 amide bonds. The van der Waals surface area contributed by atoms with Crippen LogP contribution < -0.4 is 0 Å². The quantitative estimate of drug-likeness (QED) is 0.755. The van der Waals surface area contributed by atoms with Crippen molar-refractivity contribution in [3.63, 3.8) is 0 Å². The lowest BCUT2D eigenvalue weighted by molar-refractivity contribution is -0.00380. The molecule has 126 valence electrons. The van der Waals surface area contributed by atoms with E-state index in [-0.39, 0.29) is 0 Å². The van der Waals surface area contributed by atoms with E-state index < -0.39 is 0 Å². The number of fused-ring (bicyclic) bond motifs is 1. The van der Waals surface area contributed by atoms with Crippen molar-refractivity contribution in [2.75, 3.05) is 19.6 Å². The molecule has 3 fully saturated rings. The number of halogens is 1. The van der Waals surface area contributed by atoms with Gasteiger partial charge in [0.05, 0.1) is 0 Å². The molecule has 2 saturated heterocycles. The molecule has 0 N–H and O–H groups in total. The molecule has 2 heterocycles. The molecule has 0 aromatic heterocycles. The SMILES string of the molecule is Brc1cccc(CN2CCN3CCC[C@@H]3[C@@H]2C2CCCCC2)c1. The van der Waals surface area contributed by atoms with Crippen molar-refractivity contribution in [2.24, 2.45) is 5.92 Å². The minimum Gasteiger partial charge on any atom is -0.298 e. The molecule has 1 saturated carbocycles. The Balaban J connectivity index is 1.55. The summed E-state index contributed by atoms with van der Waals surface area (Å²) >= 11 is 3.64. The minimum atomic E-state index is 0.797. The first-order chi connectivity index (χ1) is 11.3. The normalized spacial score (nSPS) is 30.5. The maximum Gasteiger partial charge on any atom is 0.0283 e. The molecule has 3 aliphatic rings. The van der Waals surface area contributed by atoms with Crippen molar-refractivity contribution >= 4 is 15.9 Å². The molecule has 0 unspecified atom stereocenters. The molecule has 1 aliphatic carbocycles. The maximum atomic E-state index is 3.64. The van der Waals surface area contributed by atoms with Gasteiger partial charge in [-0.2, -0.15) is 0 Å². The lowest BCUT2D eigenvalue weighted by atomic mass is 9.78. The lowest BCUT2D eigenvalue weighted by Gasteiger charge is -2.49. The number of benzene rings is 1. The fraction of sp³-hybridized carbons (Fsp3) is 0.700. The topological polar surface area (TPSA) is 6.48 Å². The lowest BCUT2D eigenvalue weighted by Crippen LogP contribution is -2.59. The zero-order valence-electron chi connectivity index (χ0n) is 14.1. The Bertz CT molecular complexity index is 526. The van der Waals surface area contributed by atoms with E-state index in [0.29, 0.717) is 0 Å². The summed E-state index contributed by atoms with van der Waals surface area (Å²) in [5.41, 5.74) is 1.46. The smallest absolute Gasteiger partial charge is 0.0283 e. The zero-order chi connectivity index (χ0) is 15.6. The Hall–Kier alpha value is -0.380. The Labute approximate surface area is 149 Å². The van der Waals surface area contributed by atoms with Gasteiger partial charge in [-0.05, 0) is 55.8 Å². The van der Waals surface area contributed by atoms with Crippen LogP contribution in [-0.2, 0) is 6.54 Å². The summed E-state index contributed by atoms with van der Waals surface area (Å²) in [5.74, 6) is 0.932. The second-order valence-electron chi connectivity index (χ2n) is 7.73. The van der Waals surface area contributed by atoms with Crippen molar-refractivity contribution in [2.45, 2.75) is 63.6 Å². The Morgan fingerprint density at radius 3 is 2.65 bits per heavy atom. The number of hydrogen-bond acceptors (Lipinski definition) is 2. The highest BCUT2D eigenvalue weighted by atomic mass is 79.9. The fourth-order valence-corrected chi connectivity index (χ4v) is 5.75. The van der Waals surface area contributed by atoms with E-state index in [2.05, 4.69) is 50.0 Å². The fourth-order valence-electron chi connectivity index (χ4n) is 5.31. The average Bonchev–Trinajstić information content (AvgIpc) is 3.04. The van der Waals surface area contributed by atoms with E-state index in [1.54, 1.807) is 0 Å². The van der Waals surface area contributed by atoms with Crippen LogP contribution in [0.15, 0.2) is 28.7 Å². The van der Waals surface area contributed by atoms with Gasteiger partial charge < -0.3 is 0 Å². The average molecular weight is 377 g/mol. The van der Waals surface area contributed by atoms with Crippen molar-refractivity contribution in [1.82, 2.24) is 9.80 Å². The van der Waals surface area contributed by atoms with E-state index in [1.807, 2.05) is 0 Å². The highest BCUT2D eigenvalue weighted by molar-refractivity contribution is 9.10. The third-order valence-corrected chi connectivity index (χ3v) is 6.81. The van der Waals surface area contributed by atoms with Gasteiger partial charge in [-0.25, -0.2) is 0 Å². The summed E-state index contributed by atoms with van der Waals surface area (Å²) in [7, 11) is 0. The van der Waals surface area contributed by atoms with Crippen LogP contribution in [-0.4, -0.2) is 41.5 Å². The van der Waals surface area contributed by atoms with Gasteiger partial charge in [0.2, 0.25) is 0 Å². The summed E-state index contributed by atoms with van der Waals surface area (Å²) in [6.45, 7) is 5.01. The molecule has 23 heavy (non-hydrogen) atoms. The van der Waals surface area contributed by atoms with Gasteiger partial charge in [0.25, 0.3) is 0 Å². The van der Waals surface area contributed by atoms with Gasteiger partial charge in [0.1, 0.15) is 0 Å². The second-order valence-corrected chi connectivity index (χ2v) is 8.65. The van der Waals surface area contributed by atoms with Crippen molar-refractivity contribution < 1.29 is 0 Å². The molecule has 1 aromatic rings. The summed E-state index contributed by atoms with van der Waals surface area (Å²) in [4.78, 5) is 5.64. The van der Waals surface area contributed by atoms with Gasteiger partial charge in [0.15, 0.2) is 0 Å². The summed E-state index contributed by atoms with van der Waals surface area (Å²) < 4.78 is 1.21. The van der Waals surface area contributed by atoms with Crippen LogP contribution >= 0.6 is 15.9 Å². The zero-order valence-corrected chi connectivity index (χ0v) is 15.7. The third kappa shape index (κ3) is 3.52. The molecule has 2 aliphatic heterocycles. The molecule has 0 radical (unpaired) electrons. The summed E-state index contributed by atoms with van der Waals surface area (Å²) in [6.07, 6.45) is 10.1. The third-order valence-electron chi connectivity index (χ3n) is 6.31. The molecular formula is C20H29BrN2. The van der Waals surface area contributed by atoms with Gasteiger partial charge in [0, 0.05) is 36.2 Å². The van der Waals surface area contributed by atoms with Crippen LogP contribution in [0.4, 0.5) is 0 Å². The second kappa shape index (κ2) is 7.25. The number of hydrogen-bond donors (Lipinski definition) is 0. The maximum absolute atomic E-state index is 3.64. The number of nitrogens with zero attached hydrogens (tertiary/aromatic N) is 2. The Kier molecular flexibility index (Phi) is 5.07. The Morgan fingerprint density at radius 2 is 1.83 bits per heavy atom. The van der Waals surface area contributed by atoms with E-state index in [9.17, 15) is 0 Å². The summed E-state index contributed by atoms with van der Waals surface area (Å²) in [6, 6.07) is 10.5. The molecule has 0 bridgehead atoms. The van der Waals surface area contributed by atoms with E-state index >= 15 is 0 Å². The highest BCUT2D eigenvalue weighted by Crippen LogP contribution is 2.38. The largest absolute Gasteiger partial charge is 0.298 e. The van der Waals surface area contributed by atoms with E-state index in [0.717, 1.165) is 24.5 Å². The van der Waals surface area contributed by atoms with Crippen molar-refractivity contribution in [3.05, 3.63) is 34.3 Å². The van der Waals surface area contributed by atoms with E-state index in [4.69, 9.17) is 0 Å². The molecule has 4 rings (SSSR count). The molecule has 1 aromatic carbocycles. The van der Waals surface area contributed by atoms with Crippen LogP contribution in [0.3, 0.4) is 0 Å². The van der Waals surface area contributed by atoms with Gasteiger partial charge in [-0.1, -0.05) is 47.3 Å². The Morgan fingerprint density at radius 1 is 0.957 bits per heavy atom. The van der Waals surface area contributed by atoms with Crippen LogP contribution in [0.2, 0.25) is 0 Å². The van der Waals surface area contributed by atoms with E-state index in [1.165, 1.54) is 74.6 Å². The molecule has 3 heteroatoms. The van der Waals surface area contributed by atoms with Gasteiger partial charge in [-0.15, -0.1) is 0 Å². The minimum absolute atomic E-state index is 0.797. The monoisotopic (exact) mass is 376 g/mol. The molecule has 0 spiro atoms. The predicted octanol–water partition coefficient (Wildman–Crippen LogP) is 4.68. The van der Waals surface area contributed by atoms with Gasteiger partial charge in [-0.3, -0.25) is 9.80 Å². The number of piperazine rings is 1. The summed E-state index contributed by atoms with van der Waals surface area (Å²) in [5, 5.41) is 0. The van der Waals surface area contributed by atoms with Crippen LogP contribution in [0.25, 0.3) is 0 Å².